The number of thioether (sulfide) groups is 1. The van der Waals surface area contributed by atoms with Gasteiger partial charge in [0.25, 0.3) is 0 Å². The summed E-state index contributed by atoms with van der Waals surface area (Å²) in [7, 11) is 0. The van der Waals surface area contributed by atoms with Crippen molar-refractivity contribution in [2.75, 3.05) is 5.75 Å². The molecule has 0 atom stereocenters. The van der Waals surface area contributed by atoms with Crippen molar-refractivity contribution in [3.8, 4) is 0 Å². The first-order valence-corrected chi connectivity index (χ1v) is 6.21. The van der Waals surface area contributed by atoms with Crippen LogP contribution in [0.2, 0.25) is 0 Å². The predicted molar refractivity (Wildman–Crippen MR) is 66.3 cm³/mol. The van der Waals surface area contributed by atoms with Crippen LogP contribution in [0.1, 0.15) is 19.4 Å². The van der Waals surface area contributed by atoms with Gasteiger partial charge in [-0.2, -0.15) is 0 Å². The fourth-order valence-corrected chi connectivity index (χ4v) is 1.96. The predicted octanol–water partition coefficient (Wildman–Crippen LogP) is 2.19. The van der Waals surface area contributed by atoms with Gasteiger partial charge in [0.15, 0.2) is 0 Å². The average molecular weight is 239 g/mol. The highest BCUT2D eigenvalue weighted by atomic mass is 32.2. The Balaban J connectivity index is 2.45. The third-order valence-electron chi connectivity index (χ3n) is 1.86. The number of carbonyl (C=O) groups excluding carboxylic acids is 1. The van der Waals surface area contributed by atoms with E-state index in [1.54, 1.807) is 0 Å². The third-order valence-corrected chi connectivity index (χ3v) is 2.83. The van der Waals surface area contributed by atoms with E-state index in [0.717, 1.165) is 10.5 Å². The van der Waals surface area contributed by atoms with Gasteiger partial charge in [-0.15, -0.1) is 11.8 Å². The zero-order chi connectivity index (χ0) is 12.0. The molecule has 2 N–H and O–H groups in total. The molecule has 0 aromatic heterocycles. The van der Waals surface area contributed by atoms with Crippen LogP contribution >= 0.6 is 11.8 Å². The van der Waals surface area contributed by atoms with Gasteiger partial charge in [0.05, 0.1) is 11.9 Å². The fraction of sp³-hybridized carbons (Fsp3) is 0.417. The Morgan fingerprint density at radius 3 is 2.88 bits per heavy atom. The van der Waals surface area contributed by atoms with Crippen LogP contribution in [0.5, 0.6) is 0 Å². The largest absolute Gasteiger partial charge is 0.462 e. The molecule has 0 aliphatic heterocycles. The molecule has 0 aliphatic carbocycles. The lowest BCUT2D eigenvalue weighted by molar-refractivity contribution is -0.144. The first-order valence-electron chi connectivity index (χ1n) is 5.23. The van der Waals surface area contributed by atoms with Crippen molar-refractivity contribution in [2.45, 2.75) is 31.4 Å². The maximum Gasteiger partial charge on any atom is 0.316 e. The number of carbonyl (C=O) groups is 1. The van der Waals surface area contributed by atoms with Gasteiger partial charge < -0.3 is 10.5 Å². The summed E-state index contributed by atoms with van der Waals surface area (Å²) in [6, 6.07) is 7.87. The number of nitrogens with two attached hydrogens (primary N) is 1. The lowest BCUT2D eigenvalue weighted by Gasteiger charge is -2.07. The number of hydrogen-bond acceptors (Lipinski definition) is 4. The smallest absolute Gasteiger partial charge is 0.316 e. The molecule has 0 spiro atoms. The molecule has 3 nitrogen and oxygen atoms in total. The Bertz CT molecular complexity index is 353. The second-order valence-corrected chi connectivity index (χ2v) is 4.73. The van der Waals surface area contributed by atoms with E-state index < -0.39 is 0 Å². The Morgan fingerprint density at radius 1 is 1.50 bits per heavy atom. The van der Waals surface area contributed by atoms with Gasteiger partial charge in [-0.1, -0.05) is 12.1 Å². The maximum absolute atomic E-state index is 11.3. The van der Waals surface area contributed by atoms with Crippen molar-refractivity contribution < 1.29 is 9.53 Å². The Morgan fingerprint density at radius 2 is 2.25 bits per heavy atom. The molecule has 0 bridgehead atoms. The van der Waals surface area contributed by atoms with Gasteiger partial charge in [-0.25, -0.2) is 0 Å². The molecule has 0 radical (unpaired) electrons. The molecule has 0 heterocycles. The number of hydrogen-bond donors (Lipinski definition) is 1. The van der Waals surface area contributed by atoms with E-state index in [1.165, 1.54) is 11.8 Å². The van der Waals surface area contributed by atoms with Crippen LogP contribution in [0, 0.1) is 0 Å². The number of benzene rings is 1. The van der Waals surface area contributed by atoms with E-state index >= 15 is 0 Å². The minimum absolute atomic E-state index is 0.0523. The van der Waals surface area contributed by atoms with Crippen LogP contribution in [0.3, 0.4) is 0 Å². The van der Waals surface area contributed by atoms with E-state index in [9.17, 15) is 4.79 Å². The second kappa shape index (κ2) is 6.55. The monoisotopic (exact) mass is 239 g/mol. The molecule has 16 heavy (non-hydrogen) atoms. The number of ether oxygens (including phenoxy) is 1. The van der Waals surface area contributed by atoms with Crippen LogP contribution in [0.25, 0.3) is 0 Å². The zero-order valence-electron chi connectivity index (χ0n) is 9.60. The minimum Gasteiger partial charge on any atom is -0.462 e. The summed E-state index contributed by atoms with van der Waals surface area (Å²) in [4.78, 5) is 12.4. The van der Waals surface area contributed by atoms with Crippen molar-refractivity contribution in [1.82, 2.24) is 0 Å². The summed E-state index contributed by atoms with van der Waals surface area (Å²) >= 11 is 1.47. The molecule has 4 heteroatoms. The van der Waals surface area contributed by atoms with E-state index in [2.05, 4.69) is 0 Å². The SMILES string of the molecule is CC(C)OC(=O)CSc1cccc(CN)c1. The van der Waals surface area contributed by atoms with Crippen LogP contribution in [-0.4, -0.2) is 17.8 Å². The van der Waals surface area contributed by atoms with Crippen molar-refractivity contribution >= 4 is 17.7 Å². The van der Waals surface area contributed by atoms with Gasteiger partial charge in [-0.05, 0) is 31.5 Å². The van der Waals surface area contributed by atoms with Gasteiger partial charge >= 0.3 is 5.97 Å². The zero-order valence-corrected chi connectivity index (χ0v) is 10.4. The number of esters is 1. The van der Waals surface area contributed by atoms with Crippen molar-refractivity contribution in [1.29, 1.82) is 0 Å². The summed E-state index contributed by atoms with van der Waals surface area (Å²) < 4.78 is 5.04. The molecule has 0 amide bonds. The fourth-order valence-electron chi connectivity index (χ4n) is 1.20. The molecule has 0 fully saturated rings. The third kappa shape index (κ3) is 4.68. The maximum atomic E-state index is 11.3. The van der Waals surface area contributed by atoms with Crippen molar-refractivity contribution in [3.63, 3.8) is 0 Å². The molecule has 1 aromatic carbocycles. The summed E-state index contributed by atoms with van der Waals surface area (Å²) in [6.07, 6.45) is -0.0523. The molecule has 0 saturated heterocycles. The van der Waals surface area contributed by atoms with Gasteiger partial charge in [0.1, 0.15) is 0 Å². The first kappa shape index (κ1) is 13.1. The molecule has 0 saturated carbocycles. The van der Waals surface area contributed by atoms with E-state index in [1.807, 2.05) is 38.1 Å². The highest BCUT2D eigenvalue weighted by molar-refractivity contribution is 8.00. The summed E-state index contributed by atoms with van der Waals surface area (Å²) in [6.45, 7) is 4.21. The average Bonchev–Trinajstić information content (AvgIpc) is 2.26. The highest BCUT2D eigenvalue weighted by Crippen LogP contribution is 2.19. The molecule has 1 aromatic rings. The summed E-state index contributed by atoms with van der Waals surface area (Å²) in [5.41, 5.74) is 6.61. The molecular formula is C12H17NO2S. The Hall–Kier alpha value is -1.00. The van der Waals surface area contributed by atoms with Crippen LogP contribution < -0.4 is 5.73 Å². The van der Waals surface area contributed by atoms with Crippen molar-refractivity contribution in [2.24, 2.45) is 5.73 Å². The molecule has 1 rings (SSSR count). The summed E-state index contributed by atoms with van der Waals surface area (Å²) in [5.74, 6) is 0.157. The second-order valence-electron chi connectivity index (χ2n) is 3.68. The summed E-state index contributed by atoms with van der Waals surface area (Å²) in [5, 5.41) is 0. The lowest BCUT2D eigenvalue weighted by Crippen LogP contribution is -2.13. The van der Waals surface area contributed by atoms with Gasteiger partial charge in [0, 0.05) is 11.4 Å². The Kier molecular flexibility index (Phi) is 5.35. The van der Waals surface area contributed by atoms with Gasteiger partial charge in [0.2, 0.25) is 0 Å². The standard InChI is InChI=1S/C12H17NO2S/c1-9(2)15-12(14)8-16-11-5-3-4-10(6-11)7-13/h3-6,9H,7-8,13H2,1-2H3. The Labute approximate surface area is 100 Å². The molecular weight excluding hydrogens is 222 g/mol. The highest BCUT2D eigenvalue weighted by Gasteiger charge is 2.06. The van der Waals surface area contributed by atoms with Crippen LogP contribution in [0.4, 0.5) is 0 Å². The normalized spacial score (nSPS) is 10.5. The molecule has 88 valence electrons. The van der Waals surface area contributed by atoms with Crippen molar-refractivity contribution in [3.05, 3.63) is 29.8 Å². The molecule has 0 aliphatic rings. The van der Waals surface area contributed by atoms with Crippen LogP contribution in [-0.2, 0) is 16.1 Å². The minimum atomic E-state index is -0.182. The van der Waals surface area contributed by atoms with Gasteiger partial charge in [-0.3, -0.25) is 4.79 Å². The molecule has 0 unspecified atom stereocenters. The van der Waals surface area contributed by atoms with E-state index in [4.69, 9.17) is 10.5 Å². The number of rotatable bonds is 5. The first-order chi connectivity index (χ1) is 7.61. The lowest BCUT2D eigenvalue weighted by atomic mass is 10.2. The van der Waals surface area contributed by atoms with Crippen LogP contribution in [0.15, 0.2) is 29.2 Å². The van der Waals surface area contributed by atoms with E-state index in [-0.39, 0.29) is 12.1 Å². The van der Waals surface area contributed by atoms with E-state index in [0.29, 0.717) is 12.3 Å². The quantitative estimate of drug-likeness (QED) is 0.632. The topological polar surface area (TPSA) is 52.3 Å².